The third kappa shape index (κ3) is 7.48. The third-order valence-electron chi connectivity index (χ3n) is 6.57. The van der Waals surface area contributed by atoms with Crippen LogP contribution in [0.1, 0.15) is 81.1 Å². The van der Waals surface area contributed by atoms with Crippen molar-refractivity contribution in [2.24, 2.45) is 5.92 Å². The molecule has 3 rings (SSSR count). The molecule has 0 aromatic heterocycles. The first kappa shape index (κ1) is 28.0. The Hall–Kier alpha value is -2.55. The Balaban J connectivity index is 1.63. The Bertz CT molecular complexity index is 1000. The van der Waals surface area contributed by atoms with Gasteiger partial charge in [-0.05, 0) is 87.5 Å². The largest absolute Gasteiger partial charge is 0.573 e. The molecule has 1 aliphatic carbocycles. The monoisotopic (exact) mass is 518 g/mol. The van der Waals surface area contributed by atoms with Crippen LogP contribution in [0.25, 0.3) is 0 Å². The lowest BCUT2D eigenvalue weighted by Gasteiger charge is -2.29. The zero-order chi connectivity index (χ0) is 26.5. The number of ether oxygens (including phenoxy) is 2. The smallest absolute Gasteiger partial charge is 0.399 e. The van der Waals surface area contributed by atoms with Crippen molar-refractivity contribution in [1.29, 1.82) is 0 Å². The number of rotatable bonds is 9. The zero-order valence-corrected chi connectivity index (χ0v) is 20.1. The number of halogens is 7. The van der Waals surface area contributed by atoms with E-state index in [2.05, 4.69) is 10.8 Å². The van der Waals surface area contributed by atoms with E-state index in [1.807, 2.05) is 13.0 Å². The van der Waals surface area contributed by atoms with Crippen LogP contribution in [0.15, 0.2) is 48.6 Å². The van der Waals surface area contributed by atoms with Gasteiger partial charge in [0.2, 0.25) is 5.75 Å². The summed E-state index contributed by atoms with van der Waals surface area (Å²) in [6, 6.07) is 6.77. The van der Waals surface area contributed by atoms with E-state index in [0.717, 1.165) is 51.0 Å². The maximum atomic E-state index is 14.8. The summed E-state index contributed by atoms with van der Waals surface area (Å²) >= 11 is 0. The number of alkyl halides is 5. The van der Waals surface area contributed by atoms with Crippen LogP contribution in [-0.4, -0.2) is 6.36 Å². The average Bonchev–Trinajstić information content (AvgIpc) is 2.81. The van der Waals surface area contributed by atoms with Crippen LogP contribution in [0, 0.1) is 17.6 Å². The highest BCUT2D eigenvalue weighted by atomic mass is 19.4. The first-order valence-electron chi connectivity index (χ1n) is 11.9. The number of hydrogen-bond donors (Lipinski definition) is 0. The highest BCUT2D eigenvalue weighted by Gasteiger charge is 2.37. The molecule has 0 N–H and O–H groups in total. The predicted molar refractivity (Wildman–Crippen MR) is 122 cm³/mol. The zero-order valence-electron chi connectivity index (χ0n) is 20.1. The van der Waals surface area contributed by atoms with E-state index < -0.39 is 47.1 Å². The van der Waals surface area contributed by atoms with E-state index in [4.69, 9.17) is 4.74 Å². The minimum Gasteiger partial charge on any atom is -0.399 e. The highest BCUT2D eigenvalue weighted by molar-refractivity contribution is 5.33. The molecule has 0 spiro atoms. The van der Waals surface area contributed by atoms with Gasteiger partial charge in [-0.15, -0.1) is 13.2 Å². The highest BCUT2D eigenvalue weighted by Crippen LogP contribution is 2.40. The molecule has 36 heavy (non-hydrogen) atoms. The van der Waals surface area contributed by atoms with Gasteiger partial charge < -0.3 is 9.47 Å². The van der Waals surface area contributed by atoms with Crippen molar-refractivity contribution in [1.82, 2.24) is 0 Å². The maximum Gasteiger partial charge on any atom is 0.573 e. The van der Waals surface area contributed by atoms with Crippen LogP contribution in [0.3, 0.4) is 0 Å². The van der Waals surface area contributed by atoms with Crippen LogP contribution in [-0.2, 0) is 10.8 Å². The number of hydrogen-bond acceptors (Lipinski definition) is 2. The maximum absolute atomic E-state index is 14.8. The van der Waals surface area contributed by atoms with E-state index >= 15 is 0 Å². The van der Waals surface area contributed by atoms with Crippen molar-refractivity contribution in [3.05, 3.63) is 76.9 Å². The minimum atomic E-state index is -5.31. The second-order valence-electron chi connectivity index (χ2n) is 9.12. The number of allylic oxidation sites excluding steroid dienone is 2. The molecule has 0 saturated heterocycles. The van der Waals surface area contributed by atoms with E-state index in [9.17, 15) is 30.7 Å². The van der Waals surface area contributed by atoms with Gasteiger partial charge in [-0.1, -0.05) is 36.4 Å². The molecule has 2 nitrogen and oxygen atoms in total. The van der Waals surface area contributed by atoms with E-state index in [0.29, 0.717) is 24.0 Å². The molecule has 0 radical (unpaired) electrons. The van der Waals surface area contributed by atoms with Crippen LogP contribution in [0.4, 0.5) is 30.7 Å². The van der Waals surface area contributed by atoms with Crippen LogP contribution < -0.4 is 4.74 Å². The first-order valence-corrected chi connectivity index (χ1v) is 11.9. The molecule has 1 atom stereocenters. The Labute approximate surface area is 206 Å². The van der Waals surface area contributed by atoms with Crippen LogP contribution in [0.2, 0.25) is 0 Å². The molecular weight excluding hydrogens is 489 g/mol. The molecule has 0 aliphatic heterocycles. The van der Waals surface area contributed by atoms with Crippen LogP contribution in [0.5, 0.6) is 5.75 Å². The molecule has 1 unspecified atom stereocenters. The summed E-state index contributed by atoms with van der Waals surface area (Å²) in [6.45, 7) is 3.12. The fourth-order valence-corrected chi connectivity index (χ4v) is 4.62. The number of benzene rings is 2. The van der Waals surface area contributed by atoms with Gasteiger partial charge in [0.1, 0.15) is 0 Å². The van der Waals surface area contributed by atoms with Gasteiger partial charge in [0, 0.05) is 0 Å². The summed E-state index contributed by atoms with van der Waals surface area (Å²) in [6.07, 6.45) is -0.00682. The van der Waals surface area contributed by atoms with E-state index in [-0.39, 0.29) is 0 Å². The average molecular weight is 519 g/mol. The van der Waals surface area contributed by atoms with Crippen LogP contribution >= 0.6 is 0 Å². The lowest BCUT2D eigenvalue weighted by Crippen LogP contribution is -2.21. The quantitative estimate of drug-likeness (QED) is 0.243. The Morgan fingerprint density at radius 3 is 2.06 bits per heavy atom. The SMILES string of the molecule is C/C=C/CCC1CCC(c2ccc(C(F)(F)OC(C)c3cc(F)c(OC(F)(F)F)c(F)c3)cc2)CC1. The normalized spacial score (nSPS) is 20.0. The Kier molecular flexibility index (Phi) is 9.08. The molecule has 198 valence electrons. The molecule has 1 aliphatic rings. The van der Waals surface area contributed by atoms with E-state index in [1.54, 1.807) is 12.1 Å². The van der Waals surface area contributed by atoms with Gasteiger partial charge in [-0.3, -0.25) is 0 Å². The molecule has 9 heteroatoms. The summed E-state index contributed by atoms with van der Waals surface area (Å²) in [4.78, 5) is 0. The van der Waals surface area contributed by atoms with Crippen molar-refractivity contribution < 1.29 is 40.2 Å². The second kappa shape index (κ2) is 11.7. The van der Waals surface area contributed by atoms with E-state index in [1.165, 1.54) is 12.1 Å². The van der Waals surface area contributed by atoms with Crippen molar-refractivity contribution in [3.63, 3.8) is 0 Å². The van der Waals surface area contributed by atoms with Crippen molar-refractivity contribution in [2.45, 2.75) is 76.9 Å². The molecule has 2 aromatic carbocycles. The van der Waals surface area contributed by atoms with Crippen molar-refractivity contribution >= 4 is 0 Å². The fourth-order valence-electron chi connectivity index (χ4n) is 4.62. The summed E-state index contributed by atoms with van der Waals surface area (Å²) in [7, 11) is 0. The second-order valence-corrected chi connectivity index (χ2v) is 9.12. The van der Waals surface area contributed by atoms with Gasteiger partial charge >= 0.3 is 12.5 Å². The van der Waals surface area contributed by atoms with Gasteiger partial charge in [-0.2, -0.15) is 8.78 Å². The van der Waals surface area contributed by atoms with Gasteiger partial charge in [0.25, 0.3) is 0 Å². The Morgan fingerprint density at radius 2 is 1.53 bits per heavy atom. The van der Waals surface area contributed by atoms with Crippen molar-refractivity contribution in [2.75, 3.05) is 0 Å². The topological polar surface area (TPSA) is 18.5 Å². The Morgan fingerprint density at radius 1 is 0.944 bits per heavy atom. The van der Waals surface area contributed by atoms with Gasteiger partial charge in [0.05, 0.1) is 11.7 Å². The predicted octanol–water partition coefficient (Wildman–Crippen LogP) is 9.32. The molecule has 1 saturated carbocycles. The van der Waals surface area contributed by atoms with Crippen molar-refractivity contribution in [3.8, 4) is 5.75 Å². The molecular formula is C27H29F7O2. The summed E-state index contributed by atoms with van der Waals surface area (Å²) in [5.74, 6) is -4.04. The molecule has 0 bridgehead atoms. The lowest BCUT2D eigenvalue weighted by molar-refractivity contribution is -0.276. The standard InChI is InChI=1S/C27H29F7O2/c1-3-4-5-6-18-7-9-19(10-8-18)20-11-13-22(14-12-20)26(30,31)35-17(2)21-15-23(28)25(24(29)16-21)36-27(32,33)34/h3-4,11-19H,5-10H2,1-2H3/b4-3+. The van der Waals surface area contributed by atoms with Gasteiger partial charge in [0.15, 0.2) is 11.6 Å². The molecule has 0 amide bonds. The molecule has 2 aromatic rings. The summed E-state index contributed by atoms with van der Waals surface area (Å²) in [5.41, 5.74) is 0.136. The lowest BCUT2D eigenvalue weighted by atomic mass is 9.77. The third-order valence-corrected chi connectivity index (χ3v) is 6.57. The first-order chi connectivity index (χ1) is 16.9. The fraction of sp³-hybridized carbons (Fsp3) is 0.481. The van der Waals surface area contributed by atoms with Gasteiger partial charge in [-0.25, -0.2) is 8.78 Å². The summed E-state index contributed by atoms with van der Waals surface area (Å²) < 4.78 is 103. The summed E-state index contributed by atoms with van der Waals surface area (Å²) in [5, 5.41) is 0. The minimum absolute atomic E-state index is 0.300. The molecule has 1 fully saturated rings. The molecule has 0 heterocycles.